The maximum atomic E-state index is 12.5. The molecule has 1 amide bonds. The summed E-state index contributed by atoms with van der Waals surface area (Å²) < 4.78 is 0. The Hall–Kier alpha value is -0.690. The van der Waals surface area contributed by atoms with E-state index >= 15 is 0 Å². The zero-order valence-corrected chi connectivity index (χ0v) is 34.4. The Labute approximate surface area is 318 Å². The summed E-state index contributed by atoms with van der Waals surface area (Å²) in [7, 11) is 0. The Balaban J connectivity index is 3.63. The predicted octanol–water partition coefficient (Wildman–Crippen LogP) is 12.0. The van der Waals surface area contributed by atoms with Crippen molar-refractivity contribution < 1.29 is 25.2 Å². The smallest absolute Gasteiger partial charge is 0.249 e. The summed E-state index contributed by atoms with van der Waals surface area (Å²) in [6.45, 7) is 4.06. The van der Waals surface area contributed by atoms with Gasteiger partial charge in [0.05, 0.1) is 18.8 Å². The maximum absolute atomic E-state index is 12.5. The van der Waals surface area contributed by atoms with Gasteiger partial charge in [-0.2, -0.15) is 0 Å². The molecule has 0 saturated heterocycles. The van der Waals surface area contributed by atoms with E-state index in [4.69, 9.17) is 0 Å². The summed E-state index contributed by atoms with van der Waals surface area (Å²) in [6.07, 6.45) is 42.8. The summed E-state index contributed by atoms with van der Waals surface area (Å²) in [5.74, 6) is -0.581. The Morgan fingerprint density at radius 2 is 0.667 bits per heavy atom. The molecule has 4 unspecified atom stereocenters. The second-order valence-electron chi connectivity index (χ2n) is 16.1. The van der Waals surface area contributed by atoms with Crippen LogP contribution in [0.2, 0.25) is 0 Å². The first-order valence-corrected chi connectivity index (χ1v) is 22.9. The maximum Gasteiger partial charge on any atom is 0.249 e. The average molecular weight is 726 g/mol. The molecule has 51 heavy (non-hydrogen) atoms. The van der Waals surface area contributed by atoms with Gasteiger partial charge in [-0.3, -0.25) is 4.79 Å². The van der Waals surface area contributed by atoms with Gasteiger partial charge in [-0.05, 0) is 12.8 Å². The van der Waals surface area contributed by atoms with Crippen LogP contribution in [-0.2, 0) is 4.79 Å². The number of aliphatic hydroxyl groups is 4. The number of unbranched alkanes of at least 4 members (excludes halogenated alkanes) is 33. The van der Waals surface area contributed by atoms with Gasteiger partial charge in [0.1, 0.15) is 12.2 Å². The molecular weight excluding hydrogens is 634 g/mol. The lowest BCUT2D eigenvalue weighted by atomic mass is 9.99. The SMILES string of the molecule is CCCCCCCCCCCCCCCCCCCCCCCCCC(O)C(O)C(CO)NC(=O)C(O)CCCCCCCCCCCCCC. The molecule has 0 fully saturated rings. The van der Waals surface area contributed by atoms with E-state index in [0.717, 1.165) is 38.5 Å². The number of carbonyl (C=O) groups excluding carboxylic acids is 1. The molecule has 306 valence electrons. The van der Waals surface area contributed by atoms with E-state index in [-0.39, 0.29) is 0 Å². The summed E-state index contributed by atoms with van der Waals surface area (Å²) in [5.41, 5.74) is 0. The summed E-state index contributed by atoms with van der Waals surface area (Å²) >= 11 is 0. The largest absolute Gasteiger partial charge is 0.394 e. The van der Waals surface area contributed by atoms with Gasteiger partial charge in [0.15, 0.2) is 0 Å². The zero-order chi connectivity index (χ0) is 37.5. The fourth-order valence-electron chi connectivity index (χ4n) is 7.41. The third-order valence-corrected chi connectivity index (χ3v) is 11.1. The molecule has 0 aromatic rings. The fourth-order valence-corrected chi connectivity index (χ4v) is 7.41. The highest BCUT2D eigenvalue weighted by molar-refractivity contribution is 5.80. The summed E-state index contributed by atoms with van der Waals surface area (Å²) in [6, 6.07) is -0.978. The van der Waals surface area contributed by atoms with Gasteiger partial charge in [-0.15, -0.1) is 0 Å². The third kappa shape index (κ3) is 34.8. The van der Waals surface area contributed by atoms with Crippen LogP contribution in [-0.4, -0.2) is 57.3 Å². The van der Waals surface area contributed by atoms with Crippen LogP contribution in [0.15, 0.2) is 0 Å². The van der Waals surface area contributed by atoms with E-state index in [1.165, 1.54) is 186 Å². The number of hydrogen-bond acceptors (Lipinski definition) is 5. The van der Waals surface area contributed by atoms with E-state index in [1.54, 1.807) is 0 Å². The number of carbonyl (C=O) groups is 1. The molecule has 0 bridgehead atoms. The molecule has 0 aliphatic carbocycles. The molecule has 0 spiro atoms. The molecule has 4 atom stereocenters. The highest BCUT2D eigenvalue weighted by Gasteiger charge is 2.28. The van der Waals surface area contributed by atoms with Crippen molar-refractivity contribution in [1.82, 2.24) is 5.32 Å². The van der Waals surface area contributed by atoms with Crippen molar-refractivity contribution in [3.8, 4) is 0 Å². The summed E-state index contributed by atoms with van der Waals surface area (Å²) in [4.78, 5) is 12.5. The molecule has 0 aliphatic rings. The average Bonchev–Trinajstić information content (AvgIpc) is 3.13. The summed E-state index contributed by atoms with van der Waals surface area (Å²) in [5, 5.41) is 43.7. The number of rotatable bonds is 42. The minimum atomic E-state index is -1.25. The van der Waals surface area contributed by atoms with Crippen LogP contribution >= 0.6 is 0 Å². The molecule has 0 aliphatic heterocycles. The molecule has 0 radical (unpaired) electrons. The van der Waals surface area contributed by atoms with Gasteiger partial charge in [0.2, 0.25) is 5.91 Å². The number of amides is 1. The van der Waals surface area contributed by atoms with Crippen LogP contribution in [0.5, 0.6) is 0 Å². The molecule has 6 nitrogen and oxygen atoms in total. The van der Waals surface area contributed by atoms with Crippen molar-refractivity contribution >= 4 is 5.91 Å². The number of aliphatic hydroxyl groups excluding tert-OH is 4. The van der Waals surface area contributed by atoms with Crippen LogP contribution in [0.1, 0.15) is 251 Å². The van der Waals surface area contributed by atoms with Gasteiger partial charge in [0.25, 0.3) is 0 Å². The third-order valence-electron chi connectivity index (χ3n) is 11.1. The molecule has 0 rings (SSSR count). The quantitative estimate of drug-likeness (QED) is 0.0402. The lowest BCUT2D eigenvalue weighted by molar-refractivity contribution is -0.132. The van der Waals surface area contributed by atoms with E-state index in [2.05, 4.69) is 19.2 Å². The zero-order valence-electron chi connectivity index (χ0n) is 34.4. The Morgan fingerprint density at radius 1 is 0.412 bits per heavy atom. The topological polar surface area (TPSA) is 110 Å². The van der Waals surface area contributed by atoms with Crippen LogP contribution < -0.4 is 5.32 Å². The van der Waals surface area contributed by atoms with Gasteiger partial charge in [-0.25, -0.2) is 0 Å². The number of nitrogens with one attached hydrogen (secondary N) is 1. The Bertz CT molecular complexity index is 692. The first kappa shape index (κ1) is 50.3. The lowest BCUT2D eigenvalue weighted by Crippen LogP contribution is -2.53. The van der Waals surface area contributed by atoms with Gasteiger partial charge < -0.3 is 25.7 Å². The van der Waals surface area contributed by atoms with Crippen molar-refractivity contribution in [2.45, 2.75) is 276 Å². The van der Waals surface area contributed by atoms with E-state index in [0.29, 0.717) is 12.8 Å². The molecule has 0 aromatic heterocycles. The van der Waals surface area contributed by atoms with Crippen LogP contribution in [0.25, 0.3) is 0 Å². The van der Waals surface area contributed by atoms with Crippen molar-refractivity contribution in [2.24, 2.45) is 0 Å². The number of hydrogen-bond donors (Lipinski definition) is 5. The molecular formula is C45H91NO5. The molecule has 6 heteroatoms. The fraction of sp³-hybridized carbons (Fsp3) is 0.978. The lowest BCUT2D eigenvalue weighted by Gasteiger charge is -2.27. The minimum Gasteiger partial charge on any atom is -0.394 e. The predicted molar refractivity (Wildman–Crippen MR) is 219 cm³/mol. The first-order valence-electron chi connectivity index (χ1n) is 22.9. The van der Waals surface area contributed by atoms with E-state index in [9.17, 15) is 25.2 Å². The molecule has 0 aromatic carbocycles. The van der Waals surface area contributed by atoms with Crippen LogP contribution in [0.4, 0.5) is 0 Å². The van der Waals surface area contributed by atoms with Crippen LogP contribution in [0.3, 0.4) is 0 Å². The monoisotopic (exact) mass is 726 g/mol. The molecule has 5 N–H and O–H groups in total. The normalized spacial score (nSPS) is 14.1. The van der Waals surface area contributed by atoms with Crippen LogP contribution in [0, 0.1) is 0 Å². The van der Waals surface area contributed by atoms with Gasteiger partial charge >= 0.3 is 0 Å². The van der Waals surface area contributed by atoms with E-state index in [1.807, 2.05) is 0 Å². The highest BCUT2D eigenvalue weighted by atomic mass is 16.3. The van der Waals surface area contributed by atoms with Crippen molar-refractivity contribution in [3.05, 3.63) is 0 Å². The second kappa shape index (κ2) is 40.5. The van der Waals surface area contributed by atoms with Gasteiger partial charge in [0, 0.05) is 0 Å². The minimum absolute atomic E-state index is 0.375. The van der Waals surface area contributed by atoms with E-state index < -0.39 is 36.9 Å². The Kier molecular flexibility index (Phi) is 39.9. The van der Waals surface area contributed by atoms with Gasteiger partial charge in [-0.1, -0.05) is 239 Å². The van der Waals surface area contributed by atoms with Crippen molar-refractivity contribution in [2.75, 3.05) is 6.61 Å². The molecule has 0 saturated carbocycles. The van der Waals surface area contributed by atoms with Crippen molar-refractivity contribution in [3.63, 3.8) is 0 Å². The van der Waals surface area contributed by atoms with Crippen molar-refractivity contribution in [1.29, 1.82) is 0 Å². The Morgan fingerprint density at radius 3 is 0.941 bits per heavy atom. The standard InChI is InChI=1S/C45H91NO5/c1-3-5-7-9-11-13-15-17-18-19-20-21-22-23-24-25-26-27-29-30-32-34-36-38-42(48)44(50)41(40-47)46-45(51)43(49)39-37-35-33-31-28-16-14-12-10-8-6-4-2/h41-44,47-50H,3-40H2,1-2H3,(H,46,51). The first-order chi connectivity index (χ1) is 25.0. The second-order valence-corrected chi connectivity index (χ2v) is 16.1. The highest BCUT2D eigenvalue weighted by Crippen LogP contribution is 2.17. The molecule has 0 heterocycles.